The SMILES string of the molecule is COc1ccc(CNc2nc(OC(C)C(F)(F)F)nc(N3CCC(F)(F)C3)c2N(C)N)cc1. The van der Waals surface area contributed by atoms with Gasteiger partial charge in [0.05, 0.1) is 13.7 Å². The standard InChI is InChI=1S/C20H25F5N6O2/c1-12(20(23,24)25)33-18-28-16(27-10-13-4-6-14(32-3)7-5-13)15(30(2)26)17(29-18)31-9-8-19(21,22)11-31/h4-7,12H,8-11,26H2,1-3H3,(H,27,28,29). The van der Waals surface area contributed by atoms with Gasteiger partial charge in [-0.25, -0.2) is 14.6 Å². The van der Waals surface area contributed by atoms with Crippen molar-refractivity contribution in [3.05, 3.63) is 29.8 Å². The van der Waals surface area contributed by atoms with Crippen molar-refractivity contribution in [1.29, 1.82) is 0 Å². The average molecular weight is 476 g/mol. The number of rotatable bonds is 8. The van der Waals surface area contributed by atoms with E-state index in [2.05, 4.69) is 15.3 Å². The molecule has 13 heteroatoms. The molecular formula is C20H25F5N6O2. The van der Waals surface area contributed by atoms with Crippen molar-refractivity contribution in [1.82, 2.24) is 9.97 Å². The Morgan fingerprint density at radius 3 is 2.42 bits per heavy atom. The molecule has 1 saturated heterocycles. The Morgan fingerprint density at radius 2 is 1.91 bits per heavy atom. The Morgan fingerprint density at radius 1 is 1.24 bits per heavy atom. The van der Waals surface area contributed by atoms with Gasteiger partial charge in [-0.15, -0.1) is 0 Å². The number of hydrazine groups is 1. The maximum atomic E-state index is 13.9. The molecule has 8 nitrogen and oxygen atoms in total. The first-order chi connectivity index (χ1) is 15.4. The minimum Gasteiger partial charge on any atom is -0.497 e. The second-order valence-electron chi connectivity index (χ2n) is 7.67. The van der Waals surface area contributed by atoms with Gasteiger partial charge in [0.25, 0.3) is 5.92 Å². The van der Waals surface area contributed by atoms with E-state index in [1.54, 1.807) is 24.3 Å². The van der Waals surface area contributed by atoms with E-state index < -0.39 is 37.2 Å². The summed E-state index contributed by atoms with van der Waals surface area (Å²) in [5, 5.41) is 4.12. The number of anilines is 3. The van der Waals surface area contributed by atoms with Gasteiger partial charge >= 0.3 is 12.2 Å². The van der Waals surface area contributed by atoms with Crippen molar-refractivity contribution < 1.29 is 31.4 Å². The van der Waals surface area contributed by atoms with Gasteiger partial charge in [0, 0.05) is 26.6 Å². The van der Waals surface area contributed by atoms with E-state index in [4.69, 9.17) is 15.3 Å². The third-order valence-electron chi connectivity index (χ3n) is 5.03. The predicted molar refractivity (Wildman–Crippen MR) is 113 cm³/mol. The van der Waals surface area contributed by atoms with Crippen LogP contribution in [0.1, 0.15) is 18.9 Å². The normalized spacial score (nSPS) is 16.5. The number of benzene rings is 1. The number of nitrogens with one attached hydrogen (secondary N) is 1. The van der Waals surface area contributed by atoms with Crippen molar-refractivity contribution in [2.45, 2.75) is 38.1 Å². The van der Waals surface area contributed by atoms with Crippen LogP contribution in [-0.2, 0) is 6.54 Å². The fourth-order valence-electron chi connectivity index (χ4n) is 3.22. The molecule has 1 aliphatic rings. The summed E-state index contributed by atoms with van der Waals surface area (Å²) in [5.74, 6) is 3.62. The minimum absolute atomic E-state index is 0.0420. The van der Waals surface area contributed by atoms with Crippen LogP contribution in [0.4, 0.5) is 39.3 Å². The number of aromatic nitrogens is 2. The van der Waals surface area contributed by atoms with Crippen LogP contribution in [0.2, 0.25) is 0 Å². The van der Waals surface area contributed by atoms with Crippen molar-refractivity contribution in [2.75, 3.05) is 42.5 Å². The molecule has 0 radical (unpaired) electrons. The van der Waals surface area contributed by atoms with Gasteiger partial charge in [-0.1, -0.05) is 12.1 Å². The highest BCUT2D eigenvalue weighted by atomic mass is 19.4. The molecule has 0 spiro atoms. The van der Waals surface area contributed by atoms with Crippen LogP contribution in [0, 0.1) is 0 Å². The summed E-state index contributed by atoms with van der Waals surface area (Å²) < 4.78 is 76.9. The fourth-order valence-corrected chi connectivity index (χ4v) is 3.22. The lowest BCUT2D eigenvalue weighted by Crippen LogP contribution is -2.34. The third-order valence-corrected chi connectivity index (χ3v) is 5.03. The summed E-state index contributed by atoms with van der Waals surface area (Å²) in [6, 6.07) is 6.44. The number of ether oxygens (including phenoxy) is 2. The van der Waals surface area contributed by atoms with Crippen LogP contribution in [0.5, 0.6) is 11.8 Å². The van der Waals surface area contributed by atoms with Crippen LogP contribution in [0.15, 0.2) is 24.3 Å². The van der Waals surface area contributed by atoms with E-state index >= 15 is 0 Å². The van der Waals surface area contributed by atoms with E-state index in [-0.39, 0.29) is 30.4 Å². The number of methoxy groups -OCH3 is 1. The van der Waals surface area contributed by atoms with Crippen molar-refractivity contribution in [2.24, 2.45) is 5.84 Å². The van der Waals surface area contributed by atoms with Gasteiger partial charge in [0.15, 0.2) is 17.7 Å². The van der Waals surface area contributed by atoms with E-state index in [0.29, 0.717) is 5.75 Å². The highest BCUT2D eigenvalue weighted by Crippen LogP contribution is 2.39. The second-order valence-corrected chi connectivity index (χ2v) is 7.67. The molecule has 1 aliphatic heterocycles. The molecule has 1 aromatic carbocycles. The lowest BCUT2D eigenvalue weighted by Gasteiger charge is -2.27. The summed E-state index contributed by atoms with van der Waals surface area (Å²) in [7, 11) is 2.98. The molecule has 1 atom stereocenters. The molecule has 3 N–H and O–H groups in total. The molecule has 2 heterocycles. The molecule has 2 aromatic rings. The van der Waals surface area contributed by atoms with Crippen molar-refractivity contribution >= 4 is 17.3 Å². The Kier molecular flexibility index (Phi) is 7.00. The minimum atomic E-state index is -4.66. The third kappa shape index (κ3) is 6.03. The van der Waals surface area contributed by atoms with Gasteiger partial charge in [-0.3, -0.25) is 0 Å². The van der Waals surface area contributed by atoms with Gasteiger partial charge in [-0.2, -0.15) is 23.1 Å². The summed E-state index contributed by atoms with van der Waals surface area (Å²) in [6.45, 7) is 0.306. The Labute approximate surface area is 187 Å². The molecule has 1 fully saturated rings. The van der Waals surface area contributed by atoms with Crippen molar-refractivity contribution in [3.8, 4) is 11.8 Å². The smallest absolute Gasteiger partial charge is 0.425 e. The number of halogens is 5. The summed E-state index contributed by atoms with van der Waals surface area (Å²) in [4.78, 5) is 9.33. The predicted octanol–water partition coefficient (Wildman–Crippen LogP) is 3.58. The van der Waals surface area contributed by atoms with E-state index in [1.165, 1.54) is 19.1 Å². The van der Waals surface area contributed by atoms with Crippen LogP contribution in [-0.4, -0.2) is 55.4 Å². The van der Waals surface area contributed by atoms with Crippen LogP contribution >= 0.6 is 0 Å². The maximum Gasteiger partial charge on any atom is 0.425 e. The van der Waals surface area contributed by atoms with Gasteiger partial charge in [0.2, 0.25) is 0 Å². The number of hydrogen-bond acceptors (Lipinski definition) is 8. The van der Waals surface area contributed by atoms with E-state index in [0.717, 1.165) is 17.5 Å². The molecule has 3 rings (SSSR count). The Hall–Kier alpha value is -3.09. The lowest BCUT2D eigenvalue weighted by atomic mass is 10.2. The van der Waals surface area contributed by atoms with Crippen LogP contribution < -0.4 is 30.5 Å². The molecule has 0 saturated carbocycles. The largest absolute Gasteiger partial charge is 0.497 e. The Bertz CT molecular complexity index is 955. The van der Waals surface area contributed by atoms with Gasteiger partial charge in [0.1, 0.15) is 11.4 Å². The maximum absolute atomic E-state index is 13.9. The number of nitrogens with two attached hydrogens (primary N) is 1. The average Bonchev–Trinajstić information content (AvgIpc) is 3.11. The topological polar surface area (TPSA) is 88.8 Å². The zero-order valence-corrected chi connectivity index (χ0v) is 18.3. The highest BCUT2D eigenvalue weighted by Gasteiger charge is 2.42. The van der Waals surface area contributed by atoms with Gasteiger partial charge < -0.3 is 24.7 Å². The molecule has 0 amide bonds. The Balaban J connectivity index is 1.98. The molecule has 0 bridgehead atoms. The number of alkyl halides is 5. The van der Waals surface area contributed by atoms with Crippen molar-refractivity contribution in [3.63, 3.8) is 0 Å². The first-order valence-electron chi connectivity index (χ1n) is 10.0. The molecule has 1 unspecified atom stereocenters. The zero-order chi connectivity index (χ0) is 24.4. The quantitative estimate of drug-likeness (QED) is 0.340. The number of nitrogens with zero attached hydrogens (tertiary/aromatic N) is 4. The summed E-state index contributed by atoms with van der Waals surface area (Å²) in [6.07, 6.45) is -7.29. The highest BCUT2D eigenvalue weighted by molar-refractivity contribution is 5.79. The molecule has 1 aromatic heterocycles. The van der Waals surface area contributed by atoms with E-state index in [9.17, 15) is 22.0 Å². The van der Waals surface area contributed by atoms with E-state index in [1.807, 2.05) is 0 Å². The van der Waals surface area contributed by atoms with Crippen LogP contribution in [0.25, 0.3) is 0 Å². The first kappa shape index (κ1) is 24.6. The summed E-state index contributed by atoms with van der Waals surface area (Å²) >= 11 is 0. The first-order valence-corrected chi connectivity index (χ1v) is 10.0. The molecule has 182 valence electrons. The van der Waals surface area contributed by atoms with Crippen LogP contribution in [0.3, 0.4) is 0 Å². The molecule has 33 heavy (non-hydrogen) atoms. The van der Waals surface area contributed by atoms with Gasteiger partial charge in [-0.05, 0) is 24.6 Å². The zero-order valence-electron chi connectivity index (χ0n) is 18.3. The second kappa shape index (κ2) is 9.41. The molecule has 0 aliphatic carbocycles. The summed E-state index contributed by atoms with van der Waals surface area (Å²) in [5.41, 5.74) is 0.952. The monoisotopic (exact) mass is 476 g/mol. The number of hydrogen-bond donors (Lipinski definition) is 2. The lowest BCUT2D eigenvalue weighted by molar-refractivity contribution is -0.190. The molecular weight excluding hydrogens is 451 g/mol. The fraction of sp³-hybridized carbons (Fsp3) is 0.500.